The molecule has 2 atom stereocenters. The van der Waals surface area contributed by atoms with Crippen LogP contribution in [0.1, 0.15) is 32.3 Å². The van der Waals surface area contributed by atoms with Gasteiger partial charge in [-0.25, -0.2) is 0 Å². The number of carbonyl (C=O) groups is 1. The third-order valence-corrected chi connectivity index (χ3v) is 4.35. The highest BCUT2D eigenvalue weighted by atomic mass is 19.3. The number of alkyl halides is 2. The SMILES string of the molecule is CCOc1cc(CN2CCC[C@H](C(=O)O)[C@@H]2C)ccc1OC(F)F. The van der Waals surface area contributed by atoms with Gasteiger partial charge in [0, 0.05) is 12.6 Å². The molecule has 1 aliphatic heterocycles. The Labute approximate surface area is 140 Å². The number of likely N-dealkylation sites (tertiary alicyclic amines) is 1. The lowest BCUT2D eigenvalue weighted by molar-refractivity contribution is -0.145. The van der Waals surface area contributed by atoms with Crippen molar-refractivity contribution in [2.45, 2.75) is 45.9 Å². The first-order chi connectivity index (χ1) is 11.4. The summed E-state index contributed by atoms with van der Waals surface area (Å²) < 4.78 is 34.7. The van der Waals surface area contributed by atoms with Crippen LogP contribution in [0.2, 0.25) is 0 Å². The van der Waals surface area contributed by atoms with E-state index in [0.717, 1.165) is 18.5 Å². The van der Waals surface area contributed by atoms with Crippen LogP contribution in [0.15, 0.2) is 18.2 Å². The number of hydrogen-bond donors (Lipinski definition) is 1. The van der Waals surface area contributed by atoms with Crippen molar-refractivity contribution in [1.82, 2.24) is 4.90 Å². The minimum atomic E-state index is -2.91. The number of piperidine rings is 1. The fraction of sp³-hybridized carbons (Fsp3) is 0.588. The minimum Gasteiger partial charge on any atom is -0.490 e. The van der Waals surface area contributed by atoms with Crippen molar-refractivity contribution in [2.75, 3.05) is 13.2 Å². The van der Waals surface area contributed by atoms with Crippen LogP contribution in [0, 0.1) is 5.92 Å². The molecule has 1 saturated heterocycles. The van der Waals surface area contributed by atoms with Gasteiger partial charge in [0.25, 0.3) is 0 Å². The number of benzene rings is 1. The molecule has 0 bridgehead atoms. The number of ether oxygens (including phenoxy) is 2. The van der Waals surface area contributed by atoms with E-state index in [1.807, 2.05) is 6.92 Å². The third-order valence-electron chi connectivity index (χ3n) is 4.35. The standard InChI is InChI=1S/C17H23F2NO4/c1-3-23-15-9-12(6-7-14(15)24-17(18)19)10-20-8-4-5-13(11(20)2)16(21)22/h6-7,9,11,13,17H,3-5,8,10H2,1-2H3,(H,21,22)/t11-,13-/m0/s1. The van der Waals surface area contributed by atoms with Gasteiger partial charge in [-0.2, -0.15) is 8.78 Å². The van der Waals surface area contributed by atoms with Crippen LogP contribution in [-0.4, -0.2) is 41.8 Å². The number of rotatable bonds is 7. The molecule has 1 heterocycles. The monoisotopic (exact) mass is 343 g/mol. The van der Waals surface area contributed by atoms with Crippen LogP contribution in [0.5, 0.6) is 11.5 Å². The second kappa shape index (κ2) is 8.28. The molecule has 1 N–H and O–H groups in total. The average molecular weight is 343 g/mol. The van der Waals surface area contributed by atoms with Gasteiger partial charge in [0.2, 0.25) is 0 Å². The van der Waals surface area contributed by atoms with Crippen molar-refractivity contribution < 1.29 is 28.2 Å². The first-order valence-electron chi connectivity index (χ1n) is 8.09. The zero-order valence-corrected chi connectivity index (χ0v) is 13.9. The van der Waals surface area contributed by atoms with Gasteiger partial charge in [-0.05, 0) is 50.9 Å². The lowest BCUT2D eigenvalue weighted by Gasteiger charge is -2.37. The van der Waals surface area contributed by atoms with E-state index < -0.39 is 12.6 Å². The lowest BCUT2D eigenvalue weighted by Crippen LogP contribution is -2.45. The van der Waals surface area contributed by atoms with Crippen molar-refractivity contribution in [3.63, 3.8) is 0 Å². The number of nitrogens with zero attached hydrogens (tertiary/aromatic N) is 1. The molecule has 1 aromatic rings. The summed E-state index contributed by atoms with van der Waals surface area (Å²) in [4.78, 5) is 13.4. The maximum absolute atomic E-state index is 12.4. The predicted molar refractivity (Wildman–Crippen MR) is 84.5 cm³/mol. The van der Waals surface area contributed by atoms with Crippen LogP contribution in [0.3, 0.4) is 0 Å². The summed E-state index contributed by atoms with van der Waals surface area (Å²) in [5.74, 6) is -0.880. The number of carboxylic acid groups (broad SMARTS) is 1. The molecule has 0 spiro atoms. The van der Waals surface area contributed by atoms with Crippen molar-refractivity contribution in [3.05, 3.63) is 23.8 Å². The van der Waals surface area contributed by atoms with Crippen molar-refractivity contribution in [3.8, 4) is 11.5 Å². The normalized spacial score (nSPS) is 21.7. The highest BCUT2D eigenvalue weighted by Gasteiger charge is 2.32. The lowest BCUT2D eigenvalue weighted by atomic mass is 9.90. The van der Waals surface area contributed by atoms with Gasteiger partial charge < -0.3 is 14.6 Å². The van der Waals surface area contributed by atoms with Crippen LogP contribution < -0.4 is 9.47 Å². The Kier molecular flexibility index (Phi) is 6.36. The largest absolute Gasteiger partial charge is 0.490 e. The Morgan fingerprint density at radius 2 is 2.17 bits per heavy atom. The van der Waals surface area contributed by atoms with Crippen molar-refractivity contribution >= 4 is 5.97 Å². The Hall–Kier alpha value is -1.89. The van der Waals surface area contributed by atoms with E-state index in [2.05, 4.69) is 9.64 Å². The predicted octanol–water partition coefficient (Wildman–Crippen LogP) is 3.37. The molecule has 1 aliphatic rings. The summed E-state index contributed by atoms with van der Waals surface area (Å²) in [6, 6.07) is 4.77. The van der Waals surface area contributed by atoms with E-state index in [0.29, 0.717) is 19.6 Å². The molecule has 2 rings (SSSR count). The van der Waals surface area contributed by atoms with E-state index in [9.17, 15) is 18.7 Å². The van der Waals surface area contributed by atoms with Crippen LogP contribution in [0.4, 0.5) is 8.78 Å². The fourth-order valence-electron chi connectivity index (χ4n) is 3.11. The molecule has 1 aromatic carbocycles. The van der Waals surface area contributed by atoms with Gasteiger partial charge in [-0.15, -0.1) is 0 Å². The van der Waals surface area contributed by atoms with E-state index in [1.165, 1.54) is 6.07 Å². The van der Waals surface area contributed by atoms with Gasteiger partial charge in [0.05, 0.1) is 12.5 Å². The molecule has 134 valence electrons. The quantitative estimate of drug-likeness (QED) is 0.822. The topological polar surface area (TPSA) is 59.0 Å². The molecular weight excluding hydrogens is 320 g/mol. The molecule has 24 heavy (non-hydrogen) atoms. The van der Waals surface area contributed by atoms with Gasteiger partial charge in [-0.3, -0.25) is 9.69 Å². The zero-order chi connectivity index (χ0) is 17.7. The molecule has 0 radical (unpaired) electrons. The summed E-state index contributed by atoms with van der Waals surface area (Å²) in [6.07, 6.45) is 1.50. The van der Waals surface area contributed by atoms with E-state index in [-0.39, 0.29) is 23.5 Å². The summed E-state index contributed by atoms with van der Waals surface area (Å²) in [5, 5.41) is 9.29. The third kappa shape index (κ3) is 4.56. The van der Waals surface area contributed by atoms with Gasteiger partial charge in [-0.1, -0.05) is 6.07 Å². The Balaban J connectivity index is 2.14. The van der Waals surface area contributed by atoms with Crippen molar-refractivity contribution in [1.29, 1.82) is 0 Å². The molecular formula is C17H23F2NO4. The molecule has 0 aromatic heterocycles. The molecule has 0 aliphatic carbocycles. The Morgan fingerprint density at radius 1 is 1.42 bits per heavy atom. The second-order valence-electron chi connectivity index (χ2n) is 5.89. The summed E-state index contributed by atoms with van der Waals surface area (Å²) in [6.45, 7) is 2.46. The molecule has 5 nitrogen and oxygen atoms in total. The Bertz CT molecular complexity index is 568. The van der Waals surface area contributed by atoms with Crippen LogP contribution >= 0.6 is 0 Å². The van der Waals surface area contributed by atoms with Crippen molar-refractivity contribution in [2.24, 2.45) is 5.92 Å². The van der Waals surface area contributed by atoms with E-state index >= 15 is 0 Å². The molecule has 0 amide bonds. The summed E-state index contributed by atoms with van der Waals surface area (Å²) in [7, 11) is 0. The summed E-state index contributed by atoms with van der Waals surface area (Å²) >= 11 is 0. The minimum absolute atomic E-state index is 0.00528. The molecule has 7 heteroatoms. The number of aliphatic carboxylic acids is 1. The molecule has 0 saturated carbocycles. The second-order valence-corrected chi connectivity index (χ2v) is 5.89. The number of hydrogen-bond acceptors (Lipinski definition) is 4. The Morgan fingerprint density at radius 3 is 2.79 bits per heavy atom. The van der Waals surface area contributed by atoms with E-state index in [1.54, 1.807) is 19.1 Å². The van der Waals surface area contributed by atoms with Crippen LogP contribution in [-0.2, 0) is 11.3 Å². The number of carboxylic acids is 1. The smallest absolute Gasteiger partial charge is 0.387 e. The fourth-order valence-corrected chi connectivity index (χ4v) is 3.11. The summed E-state index contributed by atoms with van der Waals surface area (Å²) in [5.41, 5.74) is 0.873. The zero-order valence-electron chi connectivity index (χ0n) is 13.9. The first-order valence-corrected chi connectivity index (χ1v) is 8.09. The number of halogens is 2. The van der Waals surface area contributed by atoms with Gasteiger partial charge >= 0.3 is 12.6 Å². The van der Waals surface area contributed by atoms with Gasteiger partial charge in [0.15, 0.2) is 11.5 Å². The molecule has 1 fully saturated rings. The van der Waals surface area contributed by atoms with Gasteiger partial charge in [0.1, 0.15) is 0 Å². The first kappa shape index (κ1) is 18.4. The average Bonchev–Trinajstić information content (AvgIpc) is 2.51. The highest BCUT2D eigenvalue weighted by Crippen LogP contribution is 2.32. The molecule has 0 unspecified atom stereocenters. The highest BCUT2D eigenvalue weighted by molar-refractivity contribution is 5.71. The van der Waals surface area contributed by atoms with Crippen LogP contribution in [0.25, 0.3) is 0 Å². The van der Waals surface area contributed by atoms with E-state index in [4.69, 9.17) is 4.74 Å². The maximum atomic E-state index is 12.4. The maximum Gasteiger partial charge on any atom is 0.387 e.